The number of rotatable bonds is 25. The molecule has 1 atom stereocenters. The second kappa shape index (κ2) is 24.2. The lowest BCUT2D eigenvalue weighted by Crippen LogP contribution is -2.26. The molecular weight excluding hydrogens is 462 g/mol. The molecule has 0 rings (SSSR count). The highest BCUT2D eigenvalue weighted by Gasteiger charge is 2.10. The maximum atomic E-state index is 11.4. The fraction of sp³-hybridized carbons (Fsp3) is 0.667. The van der Waals surface area contributed by atoms with E-state index in [2.05, 4.69) is 35.7 Å². The summed E-state index contributed by atoms with van der Waals surface area (Å²) in [7, 11) is 0. The minimum absolute atomic E-state index is 0.00599. The van der Waals surface area contributed by atoms with Gasteiger partial charge < -0.3 is 30.2 Å². The van der Waals surface area contributed by atoms with Crippen LogP contribution in [-0.4, -0.2) is 76.5 Å². The molecule has 0 aromatic carbocycles. The van der Waals surface area contributed by atoms with Crippen molar-refractivity contribution in [3.05, 3.63) is 37.5 Å². The van der Waals surface area contributed by atoms with Crippen LogP contribution in [0.2, 0.25) is 0 Å². The molecule has 0 aromatic rings. The first-order chi connectivity index (χ1) is 17.4. The van der Waals surface area contributed by atoms with Crippen molar-refractivity contribution >= 4 is 17.7 Å². The van der Waals surface area contributed by atoms with Crippen LogP contribution < -0.4 is 16.0 Å². The molecule has 0 saturated heterocycles. The van der Waals surface area contributed by atoms with E-state index < -0.39 is 0 Å². The first-order valence-corrected chi connectivity index (χ1v) is 12.9. The fourth-order valence-corrected chi connectivity index (χ4v) is 3.05. The predicted molar refractivity (Wildman–Crippen MR) is 143 cm³/mol. The zero-order valence-corrected chi connectivity index (χ0v) is 22.1. The molecule has 36 heavy (non-hydrogen) atoms. The molecule has 3 amide bonds. The molecule has 0 aliphatic rings. The van der Waals surface area contributed by atoms with E-state index in [0.29, 0.717) is 51.6 Å². The second-order valence-electron chi connectivity index (χ2n) is 8.47. The lowest BCUT2D eigenvalue weighted by Gasteiger charge is -2.18. The van der Waals surface area contributed by atoms with Crippen LogP contribution in [0.4, 0.5) is 0 Å². The summed E-state index contributed by atoms with van der Waals surface area (Å²) in [6.45, 7) is 16.8. The number of hydrogen-bond donors (Lipinski definition) is 3. The molecule has 3 N–H and O–H groups in total. The number of hydrogen-bond acceptors (Lipinski definition) is 6. The lowest BCUT2D eigenvalue weighted by atomic mass is 10.1. The average Bonchev–Trinajstić information content (AvgIpc) is 2.87. The summed E-state index contributed by atoms with van der Waals surface area (Å²) in [4.78, 5) is 33.7. The Morgan fingerprint density at radius 1 is 0.722 bits per heavy atom. The van der Waals surface area contributed by atoms with Gasteiger partial charge in [0.25, 0.3) is 0 Å². The molecule has 0 spiro atoms. The monoisotopic (exact) mass is 509 g/mol. The van der Waals surface area contributed by atoms with Crippen LogP contribution in [0.15, 0.2) is 37.5 Å². The third-order valence-corrected chi connectivity index (χ3v) is 5.12. The zero-order valence-electron chi connectivity index (χ0n) is 22.1. The summed E-state index contributed by atoms with van der Waals surface area (Å²) in [6, 6.07) is 0. The van der Waals surface area contributed by atoms with E-state index in [0.717, 1.165) is 58.0 Å². The predicted octanol–water partition coefficient (Wildman–Crippen LogP) is 2.82. The molecule has 0 heterocycles. The molecular formula is C27H47N3O6. The number of amides is 3. The van der Waals surface area contributed by atoms with Gasteiger partial charge in [0, 0.05) is 51.6 Å². The second-order valence-corrected chi connectivity index (χ2v) is 8.47. The number of unbranched alkanes of at least 4 members (excludes halogenated alkanes) is 3. The molecule has 206 valence electrons. The van der Waals surface area contributed by atoms with Crippen LogP contribution >= 0.6 is 0 Å². The van der Waals surface area contributed by atoms with Crippen LogP contribution in [-0.2, 0) is 28.6 Å². The maximum Gasteiger partial charge on any atom is 0.246 e. The Hall–Kier alpha value is -2.49. The van der Waals surface area contributed by atoms with Gasteiger partial charge in [0.05, 0.1) is 12.7 Å². The van der Waals surface area contributed by atoms with Crippen LogP contribution in [0.25, 0.3) is 0 Å². The standard InChI is InChI=1S/C27H47N3O6/c1-5-25(31)28-15-11-20-35-22-24(36-21-13-16-29-26(32)6-2)14-9-7-8-10-18-34-19-12-17-30-27(33)23(3)4/h5-6,24H,1-3,7-22H2,4H3,(H,28,31)(H,29,32)(H,30,33). The summed E-state index contributed by atoms with van der Waals surface area (Å²) in [6.07, 6.45) is 9.82. The van der Waals surface area contributed by atoms with E-state index in [1.807, 2.05) is 0 Å². The molecule has 0 radical (unpaired) electrons. The Kier molecular flexibility index (Phi) is 22.5. The summed E-state index contributed by atoms with van der Waals surface area (Å²) in [5, 5.41) is 8.25. The molecule has 9 heteroatoms. The number of carbonyl (C=O) groups is 3. The largest absolute Gasteiger partial charge is 0.381 e. The summed E-state index contributed by atoms with van der Waals surface area (Å²) in [5.74, 6) is -0.478. The number of nitrogens with one attached hydrogen (secondary N) is 3. The Labute approximate surface area is 217 Å². The van der Waals surface area contributed by atoms with E-state index >= 15 is 0 Å². The molecule has 0 aliphatic heterocycles. The van der Waals surface area contributed by atoms with Gasteiger partial charge in [-0.05, 0) is 51.2 Å². The first kappa shape index (κ1) is 33.5. The van der Waals surface area contributed by atoms with E-state index in [1.54, 1.807) is 6.92 Å². The molecule has 0 aromatic heterocycles. The molecule has 0 fully saturated rings. The van der Waals surface area contributed by atoms with Crippen molar-refractivity contribution in [1.29, 1.82) is 0 Å². The van der Waals surface area contributed by atoms with E-state index in [-0.39, 0.29) is 23.8 Å². The quantitative estimate of drug-likeness (QED) is 0.129. The summed E-state index contributed by atoms with van der Waals surface area (Å²) < 4.78 is 17.4. The van der Waals surface area contributed by atoms with Gasteiger partial charge in [-0.15, -0.1) is 0 Å². The van der Waals surface area contributed by atoms with Crippen molar-refractivity contribution in [3.63, 3.8) is 0 Å². The van der Waals surface area contributed by atoms with Gasteiger partial charge >= 0.3 is 0 Å². The van der Waals surface area contributed by atoms with Crippen molar-refractivity contribution in [2.75, 3.05) is 52.7 Å². The van der Waals surface area contributed by atoms with Gasteiger partial charge in [0.2, 0.25) is 17.7 Å². The van der Waals surface area contributed by atoms with Crippen molar-refractivity contribution in [3.8, 4) is 0 Å². The van der Waals surface area contributed by atoms with Crippen LogP contribution in [0.3, 0.4) is 0 Å². The zero-order chi connectivity index (χ0) is 26.9. The van der Waals surface area contributed by atoms with Crippen molar-refractivity contribution < 1.29 is 28.6 Å². The molecule has 0 bridgehead atoms. The minimum atomic E-state index is -0.183. The minimum Gasteiger partial charge on any atom is -0.381 e. The molecule has 1 unspecified atom stereocenters. The van der Waals surface area contributed by atoms with E-state index in [4.69, 9.17) is 14.2 Å². The van der Waals surface area contributed by atoms with Crippen LogP contribution in [0.5, 0.6) is 0 Å². The topological polar surface area (TPSA) is 115 Å². The summed E-state index contributed by atoms with van der Waals surface area (Å²) >= 11 is 0. The van der Waals surface area contributed by atoms with E-state index in [9.17, 15) is 14.4 Å². The van der Waals surface area contributed by atoms with E-state index in [1.165, 1.54) is 12.2 Å². The molecule has 0 saturated carbocycles. The van der Waals surface area contributed by atoms with Gasteiger partial charge in [-0.2, -0.15) is 0 Å². The average molecular weight is 510 g/mol. The summed E-state index contributed by atoms with van der Waals surface area (Å²) in [5.41, 5.74) is 0.515. The van der Waals surface area contributed by atoms with Gasteiger partial charge in [-0.3, -0.25) is 14.4 Å². The van der Waals surface area contributed by atoms with Crippen molar-refractivity contribution in [2.45, 2.75) is 64.4 Å². The Morgan fingerprint density at radius 2 is 1.25 bits per heavy atom. The molecule has 0 aliphatic carbocycles. The Balaban J connectivity index is 3.95. The van der Waals surface area contributed by atoms with Gasteiger partial charge in [-0.25, -0.2) is 0 Å². The third kappa shape index (κ3) is 22.0. The smallest absolute Gasteiger partial charge is 0.246 e. The van der Waals surface area contributed by atoms with Crippen molar-refractivity contribution in [2.24, 2.45) is 0 Å². The van der Waals surface area contributed by atoms with Crippen molar-refractivity contribution in [1.82, 2.24) is 16.0 Å². The van der Waals surface area contributed by atoms with Crippen LogP contribution in [0.1, 0.15) is 58.3 Å². The fourth-order valence-electron chi connectivity index (χ4n) is 3.05. The molecule has 9 nitrogen and oxygen atoms in total. The first-order valence-electron chi connectivity index (χ1n) is 12.9. The highest BCUT2D eigenvalue weighted by molar-refractivity contribution is 5.92. The normalized spacial score (nSPS) is 11.4. The third-order valence-electron chi connectivity index (χ3n) is 5.12. The van der Waals surface area contributed by atoms with Gasteiger partial charge in [-0.1, -0.05) is 39.0 Å². The Morgan fingerprint density at radius 3 is 1.86 bits per heavy atom. The maximum absolute atomic E-state index is 11.4. The highest BCUT2D eigenvalue weighted by atomic mass is 16.5. The van der Waals surface area contributed by atoms with Crippen LogP contribution in [0, 0.1) is 0 Å². The van der Waals surface area contributed by atoms with Gasteiger partial charge in [0.15, 0.2) is 0 Å². The highest BCUT2D eigenvalue weighted by Crippen LogP contribution is 2.10. The lowest BCUT2D eigenvalue weighted by molar-refractivity contribution is -0.118. The Bertz CT molecular complexity index is 653. The SMILES string of the molecule is C=CC(=O)NCCCOCC(CCCCCCOCCCNC(=O)C(=C)C)OCCCNC(=O)C=C. The number of ether oxygens (including phenoxy) is 3. The number of carbonyl (C=O) groups excluding carboxylic acids is 3. The van der Waals surface area contributed by atoms with Gasteiger partial charge in [0.1, 0.15) is 0 Å².